The Labute approximate surface area is 154 Å². The van der Waals surface area contributed by atoms with E-state index >= 15 is 0 Å². The van der Waals surface area contributed by atoms with Crippen molar-refractivity contribution in [3.8, 4) is 5.75 Å². The maximum absolute atomic E-state index is 12.4. The first-order valence-electron chi connectivity index (χ1n) is 7.90. The molecule has 2 rings (SSSR count). The van der Waals surface area contributed by atoms with Crippen molar-refractivity contribution in [1.29, 1.82) is 0 Å². The van der Waals surface area contributed by atoms with Gasteiger partial charge in [-0.1, -0.05) is 18.7 Å². The minimum atomic E-state index is -0.833. The Balaban J connectivity index is 2.00. The predicted octanol–water partition coefficient (Wildman–Crippen LogP) is 1.53. The number of esters is 1. The van der Waals surface area contributed by atoms with E-state index in [9.17, 15) is 9.59 Å². The van der Waals surface area contributed by atoms with Crippen LogP contribution in [0, 0.1) is 0 Å². The molecular formula is C18H22N3O4P. The van der Waals surface area contributed by atoms with Gasteiger partial charge in [0.1, 0.15) is 11.8 Å². The van der Waals surface area contributed by atoms with Crippen LogP contribution in [0.1, 0.15) is 11.3 Å². The highest BCUT2D eigenvalue weighted by molar-refractivity contribution is 7.14. The molecule has 1 aromatic heterocycles. The van der Waals surface area contributed by atoms with Gasteiger partial charge in [0.25, 0.3) is 0 Å². The monoisotopic (exact) mass is 375 g/mol. The SMILES string of the molecule is C=C(Cc1ccc(OC)cc1)C(=O)NC(Cc1cn(P)cn1)C(=O)OC. The molecule has 0 aliphatic carbocycles. The number of ether oxygens (including phenoxy) is 2. The molecule has 0 aliphatic heterocycles. The summed E-state index contributed by atoms with van der Waals surface area (Å²) in [7, 11) is 5.32. The quantitative estimate of drug-likeness (QED) is 0.430. The zero-order chi connectivity index (χ0) is 19.1. The molecule has 0 fully saturated rings. The number of carbonyl (C=O) groups excluding carboxylic acids is 2. The third kappa shape index (κ3) is 5.43. The number of carbonyl (C=O) groups is 2. The van der Waals surface area contributed by atoms with E-state index in [1.807, 2.05) is 24.3 Å². The number of hydrogen-bond donors (Lipinski definition) is 1. The average Bonchev–Trinajstić information content (AvgIpc) is 3.05. The number of nitrogens with one attached hydrogen (secondary N) is 1. The number of imidazole rings is 1. The molecule has 0 spiro atoms. The number of methoxy groups -OCH3 is 2. The van der Waals surface area contributed by atoms with Crippen molar-refractivity contribution in [3.05, 3.63) is 60.2 Å². The van der Waals surface area contributed by atoms with Crippen LogP contribution in [-0.2, 0) is 27.2 Å². The molecule has 138 valence electrons. The van der Waals surface area contributed by atoms with Crippen LogP contribution in [0.5, 0.6) is 5.75 Å². The van der Waals surface area contributed by atoms with Gasteiger partial charge in [0.05, 0.1) is 26.2 Å². The number of nitrogens with zero attached hydrogens (tertiary/aromatic N) is 2. The van der Waals surface area contributed by atoms with Crippen LogP contribution in [0.4, 0.5) is 0 Å². The summed E-state index contributed by atoms with van der Waals surface area (Å²) >= 11 is 0. The van der Waals surface area contributed by atoms with Crippen LogP contribution in [0.3, 0.4) is 0 Å². The third-order valence-corrected chi connectivity index (χ3v) is 4.04. The van der Waals surface area contributed by atoms with Gasteiger partial charge < -0.3 is 19.1 Å². The molecule has 1 N–H and O–H groups in total. The maximum atomic E-state index is 12.4. The molecule has 0 radical (unpaired) electrons. The van der Waals surface area contributed by atoms with Gasteiger partial charge in [-0.15, -0.1) is 0 Å². The van der Waals surface area contributed by atoms with Crippen molar-refractivity contribution in [2.75, 3.05) is 14.2 Å². The first kappa shape index (κ1) is 19.7. The molecule has 0 bridgehead atoms. The normalized spacial score (nSPS) is 11.5. The summed E-state index contributed by atoms with van der Waals surface area (Å²) in [6, 6.07) is 6.52. The molecule has 1 amide bonds. The van der Waals surface area contributed by atoms with E-state index in [1.165, 1.54) is 7.11 Å². The summed E-state index contributed by atoms with van der Waals surface area (Å²) in [6.45, 7) is 3.82. The second-order valence-corrected chi connectivity index (χ2v) is 6.29. The van der Waals surface area contributed by atoms with Gasteiger partial charge in [0.2, 0.25) is 5.91 Å². The summed E-state index contributed by atoms with van der Waals surface area (Å²) in [5, 5.41) is 2.67. The van der Waals surface area contributed by atoms with Gasteiger partial charge >= 0.3 is 5.97 Å². The lowest BCUT2D eigenvalue weighted by molar-refractivity contribution is -0.144. The van der Waals surface area contributed by atoms with Gasteiger partial charge in [-0.05, 0) is 27.1 Å². The van der Waals surface area contributed by atoms with Crippen LogP contribution < -0.4 is 10.1 Å². The standard InChI is InChI=1S/C18H22N3O4P/c1-12(8-13-4-6-15(24-2)7-5-13)17(22)20-16(18(23)25-3)9-14-10-21(26)11-19-14/h4-7,10-11,16H,1,8-9,26H2,2-3H3,(H,20,22). The number of rotatable bonds is 8. The topological polar surface area (TPSA) is 82.5 Å². The Morgan fingerprint density at radius 2 is 2.00 bits per heavy atom. The Morgan fingerprint density at radius 3 is 2.54 bits per heavy atom. The van der Waals surface area contributed by atoms with E-state index in [4.69, 9.17) is 9.47 Å². The van der Waals surface area contributed by atoms with Crippen molar-refractivity contribution in [3.63, 3.8) is 0 Å². The lowest BCUT2D eigenvalue weighted by Crippen LogP contribution is -2.43. The molecule has 26 heavy (non-hydrogen) atoms. The second-order valence-electron chi connectivity index (χ2n) is 5.69. The van der Waals surface area contributed by atoms with Gasteiger partial charge in [0, 0.05) is 24.6 Å². The summed E-state index contributed by atoms with van der Waals surface area (Å²) in [5.74, 6) is -0.196. The second kappa shape index (κ2) is 9.15. The average molecular weight is 375 g/mol. The van der Waals surface area contributed by atoms with Crippen LogP contribution in [0.15, 0.2) is 48.9 Å². The first-order valence-corrected chi connectivity index (χ1v) is 8.42. The number of amides is 1. The number of hydrogen-bond acceptors (Lipinski definition) is 5. The zero-order valence-corrected chi connectivity index (χ0v) is 15.9. The van der Waals surface area contributed by atoms with Gasteiger partial charge in [-0.2, -0.15) is 0 Å². The maximum Gasteiger partial charge on any atom is 0.328 e. The number of benzene rings is 1. The van der Waals surface area contributed by atoms with Crippen LogP contribution in [0.25, 0.3) is 0 Å². The Morgan fingerprint density at radius 1 is 1.31 bits per heavy atom. The van der Waals surface area contributed by atoms with Crippen LogP contribution in [-0.4, -0.2) is 41.5 Å². The molecule has 2 atom stereocenters. The fourth-order valence-electron chi connectivity index (χ4n) is 2.36. The predicted molar refractivity (Wildman–Crippen MR) is 101 cm³/mol. The summed E-state index contributed by atoms with van der Waals surface area (Å²) in [4.78, 5) is 28.6. The molecule has 8 heteroatoms. The lowest BCUT2D eigenvalue weighted by atomic mass is 10.0. The van der Waals surface area contributed by atoms with Crippen molar-refractivity contribution in [2.24, 2.45) is 0 Å². The van der Waals surface area contributed by atoms with E-state index < -0.39 is 17.9 Å². The van der Waals surface area contributed by atoms with Crippen molar-refractivity contribution in [1.82, 2.24) is 14.6 Å². The molecule has 0 saturated carbocycles. The number of aromatic nitrogens is 2. The lowest BCUT2D eigenvalue weighted by Gasteiger charge is -2.16. The molecule has 0 aliphatic rings. The molecule has 1 heterocycles. The Kier molecular flexibility index (Phi) is 6.92. The molecule has 2 aromatic rings. The largest absolute Gasteiger partial charge is 0.497 e. The van der Waals surface area contributed by atoms with E-state index in [0.29, 0.717) is 17.7 Å². The summed E-state index contributed by atoms with van der Waals surface area (Å²) < 4.78 is 11.6. The fraction of sp³-hybridized carbons (Fsp3) is 0.278. The van der Waals surface area contributed by atoms with Crippen LogP contribution in [0.2, 0.25) is 0 Å². The Bertz CT molecular complexity index is 786. The highest BCUT2D eigenvalue weighted by Gasteiger charge is 2.24. The smallest absolute Gasteiger partial charge is 0.328 e. The summed E-state index contributed by atoms with van der Waals surface area (Å²) in [5.41, 5.74) is 1.93. The molecular weight excluding hydrogens is 353 g/mol. The van der Waals surface area contributed by atoms with E-state index in [0.717, 1.165) is 11.3 Å². The molecule has 1 aromatic carbocycles. The minimum Gasteiger partial charge on any atom is -0.497 e. The van der Waals surface area contributed by atoms with Gasteiger partial charge in [-0.25, -0.2) is 9.78 Å². The molecule has 7 nitrogen and oxygen atoms in total. The van der Waals surface area contributed by atoms with E-state index in [-0.39, 0.29) is 6.42 Å². The van der Waals surface area contributed by atoms with Gasteiger partial charge in [-0.3, -0.25) is 4.79 Å². The fourth-order valence-corrected chi connectivity index (χ4v) is 2.60. The van der Waals surface area contributed by atoms with Crippen LogP contribution >= 0.6 is 9.39 Å². The Hall–Kier alpha value is -2.66. The van der Waals surface area contributed by atoms with Crippen molar-refractivity contribution >= 4 is 21.3 Å². The van der Waals surface area contributed by atoms with Gasteiger partial charge in [0.15, 0.2) is 0 Å². The highest BCUT2D eigenvalue weighted by Crippen LogP contribution is 2.14. The van der Waals surface area contributed by atoms with Crippen molar-refractivity contribution in [2.45, 2.75) is 18.9 Å². The molecule has 0 saturated heterocycles. The highest BCUT2D eigenvalue weighted by atomic mass is 31.0. The third-order valence-electron chi connectivity index (χ3n) is 3.76. The zero-order valence-electron chi connectivity index (χ0n) is 14.8. The van der Waals surface area contributed by atoms with E-state index in [1.54, 1.807) is 24.0 Å². The van der Waals surface area contributed by atoms with Crippen molar-refractivity contribution < 1.29 is 19.1 Å². The summed E-state index contributed by atoms with van der Waals surface area (Å²) in [6.07, 6.45) is 3.94. The van der Waals surface area contributed by atoms with E-state index in [2.05, 4.69) is 26.3 Å². The molecule has 2 unspecified atom stereocenters. The minimum absolute atomic E-state index is 0.232. The first-order chi connectivity index (χ1) is 12.4.